The van der Waals surface area contributed by atoms with Crippen LogP contribution in [0.1, 0.15) is 33.9 Å². The maximum atomic E-state index is 13.6. The second-order valence-corrected chi connectivity index (χ2v) is 6.22. The molecular weight excluding hydrogens is 317 g/mol. The maximum absolute atomic E-state index is 13.6. The van der Waals surface area contributed by atoms with Crippen molar-refractivity contribution in [1.82, 2.24) is 0 Å². The Morgan fingerprint density at radius 2 is 1.70 bits per heavy atom. The molecule has 0 radical (unpaired) electrons. The van der Waals surface area contributed by atoms with Gasteiger partial charge in [0.15, 0.2) is 0 Å². The smallest absolute Gasteiger partial charge is 0.137 e. The number of hydrogen-bond acceptors (Lipinski definition) is 1. The number of aryl methyl sites for hydroxylation is 3. The summed E-state index contributed by atoms with van der Waals surface area (Å²) >= 11 is 3.16. The monoisotopic (exact) mass is 335 g/mol. The van der Waals surface area contributed by atoms with E-state index in [1.807, 2.05) is 6.07 Å². The van der Waals surface area contributed by atoms with Gasteiger partial charge in [-0.1, -0.05) is 23.8 Å². The third-order valence-electron chi connectivity index (χ3n) is 3.64. The maximum Gasteiger partial charge on any atom is 0.137 e. The van der Waals surface area contributed by atoms with Gasteiger partial charge in [-0.2, -0.15) is 0 Å². The fourth-order valence-electron chi connectivity index (χ4n) is 2.61. The fourth-order valence-corrected chi connectivity index (χ4v) is 2.86. The predicted octanol–water partition coefficient (Wildman–Crippen LogP) is 4.76. The van der Waals surface area contributed by atoms with Gasteiger partial charge < -0.3 is 5.73 Å². The van der Waals surface area contributed by atoms with E-state index < -0.39 is 0 Å². The first kappa shape index (κ1) is 15.2. The topological polar surface area (TPSA) is 26.0 Å². The zero-order valence-electron chi connectivity index (χ0n) is 12.0. The lowest BCUT2D eigenvalue weighted by Crippen LogP contribution is -2.15. The van der Waals surface area contributed by atoms with Crippen molar-refractivity contribution in [2.45, 2.75) is 33.2 Å². The van der Waals surface area contributed by atoms with Gasteiger partial charge in [0.1, 0.15) is 5.82 Å². The summed E-state index contributed by atoms with van der Waals surface area (Å²) in [4.78, 5) is 0. The van der Waals surface area contributed by atoms with Gasteiger partial charge in [0, 0.05) is 6.04 Å². The normalized spacial score (nSPS) is 12.5. The summed E-state index contributed by atoms with van der Waals surface area (Å²) in [6.07, 6.45) is 0.721. The lowest BCUT2D eigenvalue weighted by Gasteiger charge is -2.17. The molecule has 0 saturated carbocycles. The quantitative estimate of drug-likeness (QED) is 0.860. The molecule has 0 aliphatic heterocycles. The third-order valence-corrected chi connectivity index (χ3v) is 4.28. The summed E-state index contributed by atoms with van der Waals surface area (Å²) in [6.45, 7) is 6.29. The molecule has 0 aliphatic rings. The Morgan fingerprint density at radius 1 is 1.10 bits per heavy atom. The number of hydrogen-bond donors (Lipinski definition) is 1. The van der Waals surface area contributed by atoms with Crippen molar-refractivity contribution in [2.24, 2.45) is 5.73 Å². The van der Waals surface area contributed by atoms with E-state index in [2.05, 4.69) is 48.8 Å². The highest BCUT2D eigenvalue weighted by atomic mass is 79.9. The molecule has 1 unspecified atom stereocenters. The van der Waals surface area contributed by atoms with Crippen LogP contribution >= 0.6 is 15.9 Å². The molecule has 0 fully saturated rings. The van der Waals surface area contributed by atoms with Crippen molar-refractivity contribution < 1.29 is 4.39 Å². The van der Waals surface area contributed by atoms with Gasteiger partial charge in [0.2, 0.25) is 0 Å². The van der Waals surface area contributed by atoms with Gasteiger partial charge in [-0.3, -0.25) is 0 Å². The van der Waals surface area contributed by atoms with Gasteiger partial charge in [-0.25, -0.2) is 4.39 Å². The molecule has 2 N–H and O–H groups in total. The zero-order valence-corrected chi connectivity index (χ0v) is 13.6. The van der Waals surface area contributed by atoms with Gasteiger partial charge in [-0.05, 0) is 77.5 Å². The fraction of sp³-hybridized carbons (Fsp3) is 0.294. The molecule has 0 aromatic heterocycles. The van der Waals surface area contributed by atoms with Gasteiger partial charge in [-0.15, -0.1) is 0 Å². The first-order valence-corrected chi connectivity index (χ1v) is 7.45. The summed E-state index contributed by atoms with van der Waals surface area (Å²) < 4.78 is 14.1. The van der Waals surface area contributed by atoms with Crippen molar-refractivity contribution in [3.05, 3.63) is 68.4 Å². The van der Waals surface area contributed by atoms with Crippen LogP contribution in [-0.2, 0) is 6.42 Å². The Morgan fingerprint density at radius 3 is 2.25 bits per heavy atom. The van der Waals surface area contributed by atoms with E-state index >= 15 is 0 Å². The molecule has 106 valence electrons. The summed E-state index contributed by atoms with van der Waals surface area (Å²) in [6, 6.07) is 9.22. The van der Waals surface area contributed by atoms with Crippen molar-refractivity contribution in [3.63, 3.8) is 0 Å². The molecule has 0 heterocycles. The molecule has 0 amide bonds. The summed E-state index contributed by atoms with van der Waals surface area (Å²) in [5, 5.41) is 0. The van der Waals surface area contributed by atoms with Crippen LogP contribution in [-0.4, -0.2) is 0 Å². The van der Waals surface area contributed by atoms with Crippen LogP contribution in [0.2, 0.25) is 0 Å². The Kier molecular flexibility index (Phi) is 4.61. The van der Waals surface area contributed by atoms with E-state index in [0.29, 0.717) is 4.47 Å². The largest absolute Gasteiger partial charge is 0.324 e. The molecule has 0 spiro atoms. The Hall–Kier alpha value is -1.19. The molecule has 0 aliphatic carbocycles. The number of nitrogens with two attached hydrogens (primary N) is 1. The number of halogens is 2. The average Bonchev–Trinajstić information content (AvgIpc) is 2.36. The van der Waals surface area contributed by atoms with Crippen molar-refractivity contribution in [1.29, 1.82) is 0 Å². The third kappa shape index (κ3) is 3.28. The highest BCUT2D eigenvalue weighted by molar-refractivity contribution is 9.10. The molecule has 2 aromatic carbocycles. The van der Waals surface area contributed by atoms with Gasteiger partial charge >= 0.3 is 0 Å². The Bertz CT molecular complexity index is 614. The van der Waals surface area contributed by atoms with Crippen LogP contribution in [0.3, 0.4) is 0 Å². The van der Waals surface area contributed by atoms with Crippen LogP contribution in [0.15, 0.2) is 34.8 Å². The molecular formula is C17H19BrFN. The molecule has 0 saturated heterocycles. The van der Waals surface area contributed by atoms with Gasteiger partial charge in [0.05, 0.1) is 4.47 Å². The van der Waals surface area contributed by atoms with Crippen molar-refractivity contribution in [2.75, 3.05) is 0 Å². The van der Waals surface area contributed by atoms with Crippen LogP contribution < -0.4 is 5.73 Å². The highest BCUT2D eigenvalue weighted by Gasteiger charge is 2.13. The Balaban J connectivity index is 2.27. The van der Waals surface area contributed by atoms with E-state index in [1.165, 1.54) is 28.3 Å². The molecule has 0 bridgehead atoms. The first-order chi connectivity index (χ1) is 9.38. The predicted molar refractivity (Wildman–Crippen MR) is 85.4 cm³/mol. The molecule has 3 heteroatoms. The lowest BCUT2D eigenvalue weighted by molar-refractivity contribution is 0.612. The van der Waals surface area contributed by atoms with Crippen molar-refractivity contribution in [3.8, 4) is 0 Å². The van der Waals surface area contributed by atoms with E-state index in [1.54, 1.807) is 6.07 Å². The molecule has 2 rings (SSSR count). The minimum atomic E-state index is -0.268. The minimum absolute atomic E-state index is 0.197. The SMILES string of the molecule is Cc1cc(C)c(CC(N)c2ccc(Br)c(F)c2)c(C)c1. The van der Waals surface area contributed by atoms with E-state index in [4.69, 9.17) is 5.73 Å². The second-order valence-electron chi connectivity index (χ2n) is 5.36. The number of benzene rings is 2. The van der Waals surface area contributed by atoms with Crippen LogP contribution in [0.4, 0.5) is 4.39 Å². The number of rotatable bonds is 3. The molecule has 1 nitrogen and oxygen atoms in total. The minimum Gasteiger partial charge on any atom is -0.324 e. The van der Waals surface area contributed by atoms with Gasteiger partial charge in [0.25, 0.3) is 0 Å². The highest BCUT2D eigenvalue weighted by Crippen LogP contribution is 2.25. The van der Waals surface area contributed by atoms with Crippen LogP contribution in [0, 0.1) is 26.6 Å². The molecule has 1 atom stereocenters. The standard InChI is InChI=1S/C17H19BrFN/c1-10-6-11(2)14(12(3)7-10)9-17(20)13-4-5-15(18)16(19)8-13/h4-8,17H,9,20H2,1-3H3. The molecule has 20 heavy (non-hydrogen) atoms. The summed E-state index contributed by atoms with van der Waals surface area (Å²) in [7, 11) is 0. The van der Waals surface area contributed by atoms with E-state index in [0.717, 1.165) is 12.0 Å². The molecule has 2 aromatic rings. The Labute approximate surface area is 128 Å². The lowest BCUT2D eigenvalue weighted by atomic mass is 9.92. The second kappa shape index (κ2) is 6.06. The van der Waals surface area contributed by atoms with Crippen LogP contribution in [0.25, 0.3) is 0 Å². The van der Waals surface area contributed by atoms with Crippen LogP contribution in [0.5, 0.6) is 0 Å². The average molecular weight is 336 g/mol. The zero-order chi connectivity index (χ0) is 14.9. The van der Waals surface area contributed by atoms with E-state index in [-0.39, 0.29) is 11.9 Å². The summed E-state index contributed by atoms with van der Waals surface area (Å²) in [5.74, 6) is -0.268. The van der Waals surface area contributed by atoms with Crippen molar-refractivity contribution >= 4 is 15.9 Å². The van der Waals surface area contributed by atoms with E-state index in [9.17, 15) is 4.39 Å². The summed E-state index contributed by atoms with van der Waals surface area (Å²) in [5.41, 5.74) is 12.1. The first-order valence-electron chi connectivity index (χ1n) is 6.65.